The van der Waals surface area contributed by atoms with Gasteiger partial charge in [-0.25, -0.2) is 4.39 Å². The number of halogens is 3. The van der Waals surface area contributed by atoms with Crippen LogP contribution in [0.3, 0.4) is 0 Å². The second kappa shape index (κ2) is 7.63. The third-order valence-electron chi connectivity index (χ3n) is 3.35. The fourth-order valence-electron chi connectivity index (χ4n) is 2.15. The normalized spacial score (nSPS) is 10.7. The minimum atomic E-state index is -0.524. The Balaban J connectivity index is 1.59. The van der Waals surface area contributed by atoms with Crippen LogP contribution in [0.15, 0.2) is 47.0 Å². The molecule has 0 saturated heterocycles. The fraction of sp³-hybridized carbons (Fsp3) is 0.118. The van der Waals surface area contributed by atoms with Crippen LogP contribution in [0.5, 0.6) is 0 Å². The van der Waals surface area contributed by atoms with Gasteiger partial charge in [-0.3, -0.25) is 4.79 Å². The molecule has 5 nitrogen and oxygen atoms in total. The summed E-state index contributed by atoms with van der Waals surface area (Å²) in [5.74, 6) is -0.289. The summed E-state index contributed by atoms with van der Waals surface area (Å²) in [4.78, 5) is 16.1. The van der Waals surface area contributed by atoms with E-state index in [0.717, 1.165) is 0 Å². The second-order valence-electron chi connectivity index (χ2n) is 5.21. The van der Waals surface area contributed by atoms with Crippen LogP contribution < -0.4 is 5.32 Å². The van der Waals surface area contributed by atoms with E-state index in [9.17, 15) is 9.18 Å². The quantitative estimate of drug-likeness (QED) is 0.726. The van der Waals surface area contributed by atoms with Crippen molar-refractivity contribution in [3.63, 3.8) is 0 Å². The molecular weight excluding hydrogens is 368 g/mol. The lowest BCUT2D eigenvalue weighted by Gasteiger charge is -2.04. The number of hydrogen-bond acceptors (Lipinski definition) is 4. The average Bonchev–Trinajstić information content (AvgIpc) is 3.05. The number of rotatable bonds is 5. The highest BCUT2D eigenvalue weighted by atomic mass is 35.5. The molecule has 8 heteroatoms. The van der Waals surface area contributed by atoms with Crippen molar-refractivity contribution in [3.8, 4) is 11.4 Å². The highest BCUT2D eigenvalue weighted by Gasteiger charge is 2.12. The van der Waals surface area contributed by atoms with E-state index in [4.69, 9.17) is 27.7 Å². The number of carbonyl (C=O) groups excluding carboxylic acids is 1. The summed E-state index contributed by atoms with van der Waals surface area (Å²) in [5.41, 5.74) is 0.962. The van der Waals surface area contributed by atoms with E-state index in [2.05, 4.69) is 15.5 Å². The highest BCUT2D eigenvalue weighted by molar-refractivity contribution is 6.31. The molecular formula is C17H12Cl2FN3O2. The molecule has 0 aliphatic carbocycles. The summed E-state index contributed by atoms with van der Waals surface area (Å²) in [7, 11) is 0. The topological polar surface area (TPSA) is 68.0 Å². The maximum atomic E-state index is 13.7. The maximum absolute atomic E-state index is 13.7. The van der Waals surface area contributed by atoms with E-state index in [-0.39, 0.29) is 35.3 Å². The number of benzene rings is 2. The lowest BCUT2D eigenvalue weighted by atomic mass is 10.1. The number of amides is 1. The molecule has 0 unspecified atom stereocenters. The monoisotopic (exact) mass is 379 g/mol. The summed E-state index contributed by atoms with van der Waals surface area (Å²) in [5, 5.41) is 7.28. The molecule has 0 radical (unpaired) electrons. The Kier molecular flexibility index (Phi) is 5.31. The minimum absolute atomic E-state index is 0.0433. The summed E-state index contributed by atoms with van der Waals surface area (Å²) >= 11 is 11.6. The van der Waals surface area contributed by atoms with E-state index in [1.165, 1.54) is 18.2 Å². The molecule has 1 heterocycles. The molecule has 25 heavy (non-hydrogen) atoms. The van der Waals surface area contributed by atoms with Crippen LogP contribution in [-0.4, -0.2) is 16.0 Å². The van der Waals surface area contributed by atoms with Gasteiger partial charge in [-0.05, 0) is 29.8 Å². The summed E-state index contributed by atoms with van der Waals surface area (Å²) in [6.07, 6.45) is -0.113. The van der Waals surface area contributed by atoms with Gasteiger partial charge < -0.3 is 9.84 Å². The molecule has 128 valence electrons. The molecule has 0 aliphatic rings. The van der Waals surface area contributed by atoms with E-state index in [1.54, 1.807) is 24.3 Å². The zero-order valence-electron chi connectivity index (χ0n) is 12.8. The van der Waals surface area contributed by atoms with Crippen LogP contribution in [-0.2, 0) is 17.8 Å². The van der Waals surface area contributed by atoms with Crippen molar-refractivity contribution in [1.29, 1.82) is 0 Å². The van der Waals surface area contributed by atoms with E-state index in [1.807, 2.05) is 0 Å². The van der Waals surface area contributed by atoms with Crippen LogP contribution >= 0.6 is 23.2 Å². The average molecular weight is 380 g/mol. The molecule has 0 spiro atoms. The molecule has 0 atom stereocenters. The van der Waals surface area contributed by atoms with Gasteiger partial charge in [0.25, 0.3) is 0 Å². The third kappa shape index (κ3) is 4.55. The molecule has 3 aromatic rings. The van der Waals surface area contributed by atoms with Crippen molar-refractivity contribution >= 4 is 29.1 Å². The van der Waals surface area contributed by atoms with Gasteiger partial charge in [0, 0.05) is 15.6 Å². The Bertz CT molecular complexity index is 914. The molecule has 2 aromatic carbocycles. The summed E-state index contributed by atoms with van der Waals surface area (Å²) < 4.78 is 18.8. The Labute approximate surface area is 152 Å². The smallest absolute Gasteiger partial charge is 0.246 e. The molecule has 1 aromatic heterocycles. The molecule has 1 amide bonds. The van der Waals surface area contributed by atoms with Crippen molar-refractivity contribution in [3.05, 3.63) is 69.8 Å². The van der Waals surface area contributed by atoms with Gasteiger partial charge in [-0.2, -0.15) is 4.98 Å². The Morgan fingerprint density at radius 2 is 1.96 bits per heavy atom. The number of nitrogens with one attached hydrogen (secondary N) is 1. The zero-order chi connectivity index (χ0) is 17.8. The Hall–Kier alpha value is -2.44. The standard InChI is InChI=1S/C17H12Cl2FN3O2/c18-12-3-1-2-11(6-12)17-22-16(25-23-17)9-21-15(24)7-10-4-5-13(19)8-14(10)20/h1-6,8H,7,9H2,(H,21,24). The number of carbonyl (C=O) groups is 1. The van der Waals surface area contributed by atoms with Gasteiger partial charge >= 0.3 is 0 Å². The van der Waals surface area contributed by atoms with Crippen LogP contribution in [0.1, 0.15) is 11.5 Å². The largest absolute Gasteiger partial charge is 0.347 e. The van der Waals surface area contributed by atoms with E-state index >= 15 is 0 Å². The number of aromatic nitrogens is 2. The van der Waals surface area contributed by atoms with Crippen LogP contribution in [0, 0.1) is 5.82 Å². The molecule has 0 fully saturated rings. The highest BCUT2D eigenvalue weighted by Crippen LogP contribution is 2.20. The lowest BCUT2D eigenvalue weighted by molar-refractivity contribution is -0.120. The van der Waals surface area contributed by atoms with Crippen LogP contribution in [0.2, 0.25) is 10.0 Å². The van der Waals surface area contributed by atoms with Gasteiger partial charge in [0.05, 0.1) is 13.0 Å². The van der Waals surface area contributed by atoms with Crippen molar-refractivity contribution in [2.45, 2.75) is 13.0 Å². The molecule has 3 rings (SSSR count). The fourth-order valence-corrected chi connectivity index (χ4v) is 2.50. The Morgan fingerprint density at radius 1 is 1.16 bits per heavy atom. The molecule has 1 N–H and O–H groups in total. The first-order chi connectivity index (χ1) is 12.0. The first kappa shape index (κ1) is 17.4. The van der Waals surface area contributed by atoms with Crippen LogP contribution in [0.4, 0.5) is 4.39 Å². The maximum Gasteiger partial charge on any atom is 0.246 e. The summed E-state index contributed by atoms with van der Waals surface area (Å²) in [6, 6.07) is 11.2. The van der Waals surface area contributed by atoms with Crippen LogP contribution in [0.25, 0.3) is 11.4 Å². The minimum Gasteiger partial charge on any atom is -0.347 e. The van der Waals surface area contributed by atoms with Gasteiger partial charge in [0.2, 0.25) is 17.6 Å². The van der Waals surface area contributed by atoms with Gasteiger partial charge in [-0.15, -0.1) is 0 Å². The first-order valence-electron chi connectivity index (χ1n) is 7.30. The molecule has 0 bridgehead atoms. The Morgan fingerprint density at radius 3 is 2.72 bits per heavy atom. The zero-order valence-corrected chi connectivity index (χ0v) is 14.3. The molecule has 0 aliphatic heterocycles. The SMILES string of the molecule is O=C(Cc1ccc(Cl)cc1F)NCc1nc(-c2cccc(Cl)c2)no1. The van der Waals surface area contributed by atoms with Gasteiger partial charge in [-0.1, -0.05) is 46.6 Å². The van der Waals surface area contributed by atoms with Gasteiger partial charge in [0.1, 0.15) is 5.82 Å². The summed E-state index contributed by atoms with van der Waals surface area (Å²) in [6.45, 7) is 0.0433. The van der Waals surface area contributed by atoms with Crippen molar-refractivity contribution in [2.24, 2.45) is 0 Å². The first-order valence-corrected chi connectivity index (χ1v) is 8.06. The predicted octanol–water partition coefficient (Wildman–Crippen LogP) is 4.04. The number of nitrogens with zero attached hydrogens (tertiary/aromatic N) is 2. The second-order valence-corrected chi connectivity index (χ2v) is 6.08. The van der Waals surface area contributed by atoms with Crippen molar-refractivity contribution in [2.75, 3.05) is 0 Å². The molecule has 0 saturated carbocycles. The van der Waals surface area contributed by atoms with E-state index in [0.29, 0.717) is 16.4 Å². The van der Waals surface area contributed by atoms with E-state index < -0.39 is 5.82 Å². The lowest BCUT2D eigenvalue weighted by Crippen LogP contribution is -2.25. The van der Waals surface area contributed by atoms with Crippen molar-refractivity contribution in [1.82, 2.24) is 15.5 Å². The van der Waals surface area contributed by atoms with Gasteiger partial charge in [0.15, 0.2) is 0 Å². The third-order valence-corrected chi connectivity index (χ3v) is 3.82. The predicted molar refractivity (Wildman–Crippen MR) is 91.7 cm³/mol. The number of hydrogen-bond donors (Lipinski definition) is 1. The van der Waals surface area contributed by atoms with Crippen molar-refractivity contribution < 1.29 is 13.7 Å².